The molecule has 0 atom stereocenters. The predicted octanol–water partition coefficient (Wildman–Crippen LogP) is 3.55. The van der Waals surface area contributed by atoms with Crippen LogP contribution in [0.5, 0.6) is 17.2 Å². The van der Waals surface area contributed by atoms with E-state index in [1.165, 1.54) is 0 Å². The zero-order valence-electron chi connectivity index (χ0n) is 13.0. The van der Waals surface area contributed by atoms with E-state index in [9.17, 15) is 0 Å². The van der Waals surface area contributed by atoms with Gasteiger partial charge in [0.15, 0.2) is 11.5 Å². The molecule has 2 aromatic rings. The molecule has 2 aromatic carbocycles. The van der Waals surface area contributed by atoms with E-state index < -0.39 is 0 Å². The number of nitrogens with one attached hydrogen (secondary N) is 1. The van der Waals surface area contributed by atoms with Gasteiger partial charge < -0.3 is 14.2 Å². The first-order chi connectivity index (χ1) is 10.8. The molecule has 1 N–H and O–H groups in total. The third kappa shape index (κ3) is 3.91. The number of hydrazone groups is 1. The molecule has 0 unspecified atom stereocenters. The Balaban J connectivity index is 2.10. The van der Waals surface area contributed by atoms with Crippen LogP contribution in [0.1, 0.15) is 12.5 Å². The van der Waals surface area contributed by atoms with Crippen molar-refractivity contribution in [1.29, 1.82) is 0 Å². The molecular weight excluding hydrogens is 280 g/mol. The lowest BCUT2D eigenvalue weighted by Gasteiger charge is -2.11. The smallest absolute Gasteiger partial charge is 0.169 e. The van der Waals surface area contributed by atoms with E-state index >= 15 is 0 Å². The Bertz CT molecular complexity index is 624. The Labute approximate surface area is 130 Å². The molecule has 0 saturated heterocycles. The third-order valence-electron chi connectivity index (χ3n) is 3.00. The molecule has 0 aliphatic carbocycles. The Morgan fingerprint density at radius 1 is 1.05 bits per heavy atom. The van der Waals surface area contributed by atoms with Gasteiger partial charge in [0.05, 0.1) is 32.7 Å². The molecule has 0 aliphatic heterocycles. The number of ether oxygens (including phenoxy) is 3. The summed E-state index contributed by atoms with van der Waals surface area (Å²) in [6.07, 6.45) is 1.70. The fraction of sp³-hybridized carbons (Fsp3) is 0.235. The maximum atomic E-state index is 5.54. The summed E-state index contributed by atoms with van der Waals surface area (Å²) < 4.78 is 16.1. The van der Waals surface area contributed by atoms with Gasteiger partial charge in [-0.3, -0.25) is 5.43 Å². The average molecular weight is 300 g/mol. The minimum atomic E-state index is 0.584. The van der Waals surface area contributed by atoms with Crippen molar-refractivity contribution in [3.8, 4) is 17.2 Å². The van der Waals surface area contributed by atoms with Crippen LogP contribution in [-0.2, 0) is 0 Å². The summed E-state index contributed by atoms with van der Waals surface area (Å²) >= 11 is 0. The maximum absolute atomic E-state index is 5.54. The number of benzene rings is 2. The Morgan fingerprint density at radius 3 is 2.45 bits per heavy atom. The SMILES string of the molecule is CCOc1cccc(/C=N/Nc2ccc(OC)cc2)c1OC. The number of hydrogen-bond donors (Lipinski definition) is 1. The molecule has 5 heteroatoms. The van der Waals surface area contributed by atoms with Gasteiger partial charge in [0.1, 0.15) is 5.75 Å². The van der Waals surface area contributed by atoms with Crippen molar-refractivity contribution in [1.82, 2.24) is 0 Å². The molecular formula is C17H20N2O3. The van der Waals surface area contributed by atoms with Crippen molar-refractivity contribution in [3.63, 3.8) is 0 Å². The highest BCUT2D eigenvalue weighted by Crippen LogP contribution is 2.29. The molecule has 0 bridgehead atoms. The number of methoxy groups -OCH3 is 2. The second kappa shape index (κ2) is 7.93. The van der Waals surface area contributed by atoms with Crippen LogP contribution in [0.3, 0.4) is 0 Å². The lowest BCUT2D eigenvalue weighted by atomic mass is 10.2. The molecule has 0 aromatic heterocycles. The average Bonchev–Trinajstić information content (AvgIpc) is 2.56. The monoisotopic (exact) mass is 300 g/mol. The van der Waals surface area contributed by atoms with E-state index in [1.807, 2.05) is 49.4 Å². The second-order valence-electron chi connectivity index (χ2n) is 4.41. The fourth-order valence-electron chi connectivity index (χ4n) is 1.96. The van der Waals surface area contributed by atoms with Crippen LogP contribution in [0.25, 0.3) is 0 Å². The summed E-state index contributed by atoms with van der Waals surface area (Å²) in [6, 6.07) is 13.2. The first-order valence-corrected chi connectivity index (χ1v) is 7.01. The molecule has 0 aliphatic rings. The molecule has 2 rings (SSSR count). The van der Waals surface area contributed by atoms with E-state index in [1.54, 1.807) is 20.4 Å². The lowest BCUT2D eigenvalue weighted by Crippen LogP contribution is -1.99. The highest BCUT2D eigenvalue weighted by molar-refractivity contribution is 5.85. The lowest BCUT2D eigenvalue weighted by molar-refractivity contribution is 0.311. The molecule has 0 fully saturated rings. The standard InChI is InChI=1S/C17H20N2O3/c1-4-22-16-7-5-6-13(17(16)21-3)12-18-19-14-8-10-15(20-2)11-9-14/h5-12,19H,4H2,1-3H3/b18-12+. The van der Waals surface area contributed by atoms with E-state index in [2.05, 4.69) is 10.5 Å². The first kappa shape index (κ1) is 15.7. The van der Waals surface area contributed by atoms with Crippen molar-refractivity contribution in [2.75, 3.05) is 26.3 Å². The van der Waals surface area contributed by atoms with E-state index in [0.717, 1.165) is 17.0 Å². The van der Waals surface area contributed by atoms with Gasteiger partial charge in [-0.2, -0.15) is 5.10 Å². The molecule has 0 heterocycles. The van der Waals surface area contributed by atoms with Crippen LogP contribution in [0.4, 0.5) is 5.69 Å². The molecule has 0 spiro atoms. The summed E-state index contributed by atoms with van der Waals surface area (Å²) in [5.41, 5.74) is 4.68. The molecule has 0 amide bonds. The Kier molecular flexibility index (Phi) is 5.65. The Morgan fingerprint density at radius 2 is 1.82 bits per heavy atom. The molecule has 0 saturated carbocycles. The van der Waals surface area contributed by atoms with Crippen molar-refractivity contribution in [2.24, 2.45) is 5.10 Å². The van der Waals surface area contributed by atoms with Gasteiger partial charge in [0, 0.05) is 5.56 Å². The summed E-state index contributed by atoms with van der Waals surface area (Å²) in [4.78, 5) is 0. The van der Waals surface area contributed by atoms with Gasteiger partial charge >= 0.3 is 0 Å². The number of rotatable bonds is 7. The van der Waals surface area contributed by atoms with Crippen molar-refractivity contribution >= 4 is 11.9 Å². The number of para-hydroxylation sites is 1. The zero-order chi connectivity index (χ0) is 15.8. The van der Waals surface area contributed by atoms with Gasteiger partial charge in [-0.25, -0.2) is 0 Å². The number of nitrogens with zero attached hydrogens (tertiary/aromatic N) is 1. The summed E-state index contributed by atoms with van der Waals surface area (Å²) in [7, 11) is 3.25. The maximum Gasteiger partial charge on any atom is 0.169 e. The fourth-order valence-corrected chi connectivity index (χ4v) is 1.96. The van der Waals surface area contributed by atoms with Crippen LogP contribution in [0.2, 0.25) is 0 Å². The van der Waals surface area contributed by atoms with Crippen LogP contribution < -0.4 is 19.6 Å². The zero-order valence-corrected chi connectivity index (χ0v) is 13.0. The van der Waals surface area contributed by atoms with Gasteiger partial charge in [-0.05, 0) is 43.3 Å². The molecule has 116 valence electrons. The van der Waals surface area contributed by atoms with Crippen LogP contribution in [0, 0.1) is 0 Å². The topological polar surface area (TPSA) is 52.1 Å². The van der Waals surface area contributed by atoms with Gasteiger partial charge in [-0.1, -0.05) is 6.07 Å². The van der Waals surface area contributed by atoms with Crippen LogP contribution in [0.15, 0.2) is 47.6 Å². The number of anilines is 1. The molecule has 22 heavy (non-hydrogen) atoms. The highest BCUT2D eigenvalue weighted by Gasteiger charge is 2.07. The number of hydrogen-bond acceptors (Lipinski definition) is 5. The minimum Gasteiger partial charge on any atom is -0.497 e. The van der Waals surface area contributed by atoms with Gasteiger partial charge in [0.2, 0.25) is 0 Å². The van der Waals surface area contributed by atoms with Crippen molar-refractivity contribution < 1.29 is 14.2 Å². The van der Waals surface area contributed by atoms with Gasteiger partial charge in [-0.15, -0.1) is 0 Å². The van der Waals surface area contributed by atoms with E-state index in [0.29, 0.717) is 18.1 Å². The normalized spacial score (nSPS) is 10.5. The highest BCUT2D eigenvalue weighted by atomic mass is 16.5. The van der Waals surface area contributed by atoms with Crippen LogP contribution in [-0.4, -0.2) is 27.0 Å². The van der Waals surface area contributed by atoms with Crippen LogP contribution >= 0.6 is 0 Å². The first-order valence-electron chi connectivity index (χ1n) is 7.01. The summed E-state index contributed by atoms with van der Waals surface area (Å²) in [5, 5.41) is 4.23. The third-order valence-corrected chi connectivity index (χ3v) is 3.00. The minimum absolute atomic E-state index is 0.584. The van der Waals surface area contributed by atoms with Gasteiger partial charge in [0.25, 0.3) is 0 Å². The molecule has 5 nitrogen and oxygen atoms in total. The summed E-state index contributed by atoms with van der Waals surface area (Å²) in [6.45, 7) is 2.52. The Hall–Kier alpha value is -2.69. The quantitative estimate of drug-likeness (QED) is 0.627. The van der Waals surface area contributed by atoms with Crippen molar-refractivity contribution in [3.05, 3.63) is 48.0 Å². The summed E-state index contributed by atoms with van der Waals surface area (Å²) in [5.74, 6) is 2.18. The van der Waals surface area contributed by atoms with E-state index in [-0.39, 0.29) is 0 Å². The largest absolute Gasteiger partial charge is 0.497 e. The van der Waals surface area contributed by atoms with Crippen molar-refractivity contribution in [2.45, 2.75) is 6.92 Å². The molecule has 0 radical (unpaired) electrons. The second-order valence-corrected chi connectivity index (χ2v) is 4.41. The van der Waals surface area contributed by atoms with E-state index in [4.69, 9.17) is 14.2 Å². The predicted molar refractivity (Wildman–Crippen MR) is 88.4 cm³/mol.